The van der Waals surface area contributed by atoms with Crippen LogP contribution in [0.4, 0.5) is 0 Å². The van der Waals surface area contributed by atoms with E-state index in [1.54, 1.807) is 17.0 Å². The minimum atomic E-state index is -0.569. The van der Waals surface area contributed by atoms with Crippen molar-refractivity contribution in [1.29, 1.82) is 0 Å². The van der Waals surface area contributed by atoms with E-state index < -0.39 is 6.10 Å². The molecule has 0 spiro atoms. The number of amides is 1. The third kappa shape index (κ3) is 4.89. The van der Waals surface area contributed by atoms with Gasteiger partial charge in [-0.3, -0.25) is 4.79 Å². The molecule has 0 aliphatic carbocycles. The molecule has 1 unspecified atom stereocenters. The summed E-state index contributed by atoms with van der Waals surface area (Å²) in [5.74, 6) is 1.39. The Balaban J connectivity index is 1.69. The highest BCUT2D eigenvalue weighted by molar-refractivity contribution is 6.30. The molecule has 1 aromatic heterocycles. The van der Waals surface area contributed by atoms with E-state index in [0.717, 1.165) is 5.56 Å². The Morgan fingerprint density at radius 2 is 1.86 bits per heavy atom. The van der Waals surface area contributed by atoms with Gasteiger partial charge in [-0.2, -0.15) is 4.98 Å². The number of likely N-dealkylation sites (N-methyl/N-ethyl adjacent to an activating group) is 1. The first-order valence-corrected chi connectivity index (χ1v) is 9.57. The number of hydrogen-bond acceptors (Lipinski definition) is 5. The van der Waals surface area contributed by atoms with Gasteiger partial charge in [0.05, 0.1) is 0 Å². The molecule has 0 radical (unpaired) electrons. The first-order valence-electron chi connectivity index (χ1n) is 9.19. The number of para-hydroxylation sites is 1. The van der Waals surface area contributed by atoms with Crippen molar-refractivity contribution in [3.05, 3.63) is 65.5 Å². The van der Waals surface area contributed by atoms with Gasteiger partial charge in [0, 0.05) is 17.1 Å². The summed E-state index contributed by atoms with van der Waals surface area (Å²) >= 11 is 5.91. The van der Waals surface area contributed by atoms with Crippen molar-refractivity contribution in [3.8, 4) is 17.1 Å². The van der Waals surface area contributed by atoms with Crippen LogP contribution in [0.1, 0.15) is 26.2 Å². The molecule has 1 atom stereocenters. The number of ether oxygens (including phenoxy) is 1. The zero-order valence-corrected chi connectivity index (χ0v) is 16.6. The third-order valence-electron chi connectivity index (χ3n) is 4.26. The van der Waals surface area contributed by atoms with Crippen molar-refractivity contribution in [3.63, 3.8) is 0 Å². The number of benzene rings is 2. The second-order valence-electron chi connectivity index (χ2n) is 6.20. The van der Waals surface area contributed by atoms with Gasteiger partial charge in [-0.15, -0.1) is 0 Å². The van der Waals surface area contributed by atoms with E-state index in [1.165, 1.54) is 0 Å². The standard InChI is InChI=1S/C21H22ClN3O3/c1-3-18(27-17-8-6-5-7-9-17)21(26)25(4-2)14-19-23-20(24-28-19)15-10-12-16(22)13-11-15/h5-13,18H,3-4,14H2,1-2H3. The molecule has 0 aliphatic rings. The van der Waals surface area contributed by atoms with Crippen molar-refractivity contribution < 1.29 is 14.1 Å². The number of carbonyl (C=O) groups is 1. The fraction of sp³-hybridized carbons (Fsp3) is 0.286. The Kier molecular flexibility index (Phi) is 6.66. The Bertz CT molecular complexity index is 897. The van der Waals surface area contributed by atoms with E-state index in [4.69, 9.17) is 20.9 Å². The molecule has 3 aromatic rings. The lowest BCUT2D eigenvalue weighted by Crippen LogP contribution is -2.41. The monoisotopic (exact) mass is 399 g/mol. The van der Waals surface area contributed by atoms with Crippen molar-refractivity contribution in [1.82, 2.24) is 15.0 Å². The van der Waals surface area contributed by atoms with Crippen LogP contribution in [0, 0.1) is 0 Å². The molecule has 7 heteroatoms. The smallest absolute Gasteiger partial charge is 0.264 e. The molecule has 0 saturated carbocycles. The molecular formula is C21H22ClN3O3. The molecule has 6 nitrogen and oxygen atoms in total. The van der Waals surface area contributed by atoms with Crippen LogP contribution in [0.2, 0.25) is 5.02 Å². The maximum atomic E-state index is 12.9. The average molecular weight is 400 g/mol. The molecule has 0 aliphatic heterocycles. The summed E-state index contributed by atoms with van der Waals surface area (Å²) in [4.78, 5) is 19.0. The van der Waals surface area contributed by atoms with Gasteiger partial charge in [0.2, 0.25) is 11.7 Å². The molecule has 1 heterocycles. The summed E-state index contributed by atoms with van der Waals surface area (Å²) in [5.41, 5.74) is 0.799. The lowest BCUT2D eigenvalue weighted by molar-refractivity contribution is -0.139. The van der Waals surface area contributed by atoms with Crippen LogP contribution in [-0.2, 0) is 11.3 Å². The molecule has 1 amide bonds. The predicted octanol–water partition coefficient (Wildman–Crippen LogP) is 4.60. The summed E-state index contributed by atoms with van der Waals surface area (Å²) in [6.07, 6.45) is -0.00890. The van der Waals surface area contributed by atoms with Crippen molar-refractivity contribution in [2.24, 2.45) is 0 Å². The molecular weight excluding hydrogens is 378 g/mol. The highest BCUT2D eigenvalue weighted by Crippen LogP contribution is 2.20. The van der Waals surface area contributed by atoms with Crippen LogP contribution in [0.25, 0.3) is 11.4 Å². The van der Waals surface area contributed by atoms with Gasteiger partial charge in [-0.05, 0) is 49.7 Å². The summed E-state index contributed by atoms with van der Waals surface area (Å²) < 4.78 is 11.2. The summed E-state index contributed by atoms with van der Waals surface area (Å²) in [6, 6.07) is 16.5. The van der Waals surface area contributed by atoms with Gasteiger partial charge in [0.15, 0.2) is 6.10 Å². The second-order valence-corrected chi connectivity index (χ2v) is 6.64. The van der Waals surface area contributed by atoms with Gasteiger partial charge >= 0.3 is 0 Å². The van der Waals surface area contributed by atoms with Crippen LogP contribution in [0.5, 0.6) is 5.75 Å². The van der Waals surface area contributed by atoms with Crippen LogP contribution < -0.4 is 4.74 Å². The predicted molar refractivity (Wildman–Crippen MR) is 107 cm³/mol. The zero-order valence-electron chi connectivity index (χ0n) is 15.8. The van der Waals surface area contributed by atoms with E-state index in [1.807, 2.05) is 56.3 Å². The molecule has 0 bridgehead atoms. The average Bonchev–Trinajstić information content (AvgIpc) is 3.19. The van der Waals surface area contributed by atoms with Gasteiger partial charge in [-0.1, -0.05) is 41.9 Å². The lowest BCUT2D eigenvalue weighted by atomic mass is 10.2. The van der Waals surface area contributed by atoms with Gasteiger partial charge < -0.3 is 14.2 Å². The number of aromatic nitrogens is 2. The quantitative estimate of drug-likeness (QED) is 0.553. The molecule has 0 fully saturated rings. The molecule has 0 N–H and O–H groups in total. The summed E-state index contributed by atoms with van der Waals surface area (Å²) in [5, 5.41) is 4.64. The second kappa shape index (κ2) is 9.37. The van der Waals surface area contributed by atoms with Crippen molar-refractivity contribution >= 4 is 17.5 Å². The maximum absolute atomic E-state index is 12.9. The van der Waals surface area contributed by atoms with E-state index in [0.29, 0.717) is 35.5 Å². The van der Waals surface area contributed by atoms with Crippen molar-refractivity contribution in [2.45, 2.75) is 32.9 Å². The van der Waals surface area contributed by atoms with Gasteiger partial charge in [0.1, 0.15) is 12.3 Å². The largest absolute Gasteiger partial charge is 0.481 e. The topological polar surface area (TPSA) is 68.5 Å². The van der Waals surface area contributed by atoms with Crippen LogP contribution in [-0.4, -0.2) is 33.6 Å². The van der Waals surface area contributed by atoms with Crippen LogP contribution in [0.3, 0.4) is 0 Å². The third-order valence-corrected chi connectivity index (χ3v) is 4.51. The fourth-order valence-electron chi connectivity index (χ4n) is 2.72. The van der Waals surface area contributed by atoms with Crippen LogP contribution in [0.15, 0.2) is 59.1 Å². The number of rotatable bonds is 8. The Morgan fingerprint density at radius 1 is 1.14 bits per heavy atom. The first-order chi connectivity index (χ1) is 13.6. The highest BCUT2D eigenvalue weighted by atomic mass is 35.5. The van der Waals surface area contributed by atoms with Gasteiger partial charge in [0.25, 0.3) is 5.91 Å². The minimum Gasteiger partial charge on any atom is -0.481 e. The minimum absolute atomic E-state index is 0.111. The SMILES string of the molecule is CCC(Oc1ccccc1)C(=O)N(CC)Cc1nc(-c2ccc(Cl)cc2)no1. The number of halogens is 1. The van der Waals surface area contributed by atoms with E-state index in [9.17, 15) is 4.79 Å². The molecule has 2 aromatic carbocycles. The van der Waals surface area contributed by atoms with Crippen molar-refractivity contribution in [2.75, 3.05) is 6.54 Å². The Morgan fingerprint density at radius 3 is 2.50 bits per heavy atom. The van der Waals surface area contributed by atoms with E-state index >= 15 is 0 Å². The number of hydrogen-bond donors (Lipinski definition) is 0. The van der Waals surface area contributed by atoms with Crippen LogP contribution >= 0.6 is 11.6 Å². The van der Waals surface area contributed by atoms with E-state index in [2.05, 4.69) is 10.1 Å². The molecule has 3 rings (SSSR count). The Labute approximate surface area is 169 Å². The maximum Gasteiger partial charge on any atom is 0.264 e. The first kappa shape index (κ1) is 19.9. The zero-order chi connectivity index (χ0) is 19.9. The number of carbonyl (C=O) groups excluding carboxylic acids is 1. The molecule has 28 heavy (non-hydrogen) atoms. The number of nitrogens with zero attached hydrogens (tertiary/aromatic N) is 3. The van der Waals surface area contributed by atoms with E-state index in [-0.39, 0.29) is 12.5 Å². The Hall–Kier alpha value is -2.86. The molecule has 0 saturated heterocycles. The molecule has 146 valence electrons. The summed E-state index contributed by atoms with van der Waals surface area (Å²) in [7, 11) is 0. The van der Waals surface area contributed by atoms with Gasteiger partial charge in [-0.25, -0.2) is 0 Å². The summed E-state index contributed by atoms with van der Waals surface area (Å²) in [6.45, 7) is 4.56. The fourth-order valence-corrected chi connectivity index (χ4v) is 2.85. The lowest BCUT2D eigenvalue weighted by Gasteiger charge is -2.25. The highest BCUT2D eigenvalue weighted by Gasteiger charge is 2.25. The normalized spacial score (nSPS) is 11.8.